The third-order valence-corrected chi connectivity index (χ3v) is 3.82. The van der Waals surface area contributed by atoms with E-state index in [1.54, 1.807) is 0 Å². The fourth-order valence-corrected chi connectivity index (χ4v) is 2.55. The molecule has 0 saturated heterocycles. The summed E-state index contributed by atoms with van der Waals surface area (Å²) in [4.78, 5) is 0. The van der Waals surface area contributed by atoms with E-state index in [4.69, 9.17) is 4.74 Å². The van der Waals surface area contributed by atoms with Gasteiger partial charge >= 0.3 is 0 Å². The zero-order valence-corrected chi connectivity index (χ0v) is 10.9. The number of nitrogens with one attached hydrogen (secondary N) is 1. The Kier molecular flexibility index (Phi) is 3.69. The molecule has 0 radical (unpaired) electrons. The van der Waals surface area contributed by atoms with E-state index in [0.717, 1.165) is 38.5 Å². The lowest BCUT2D eigenvalue weighted by Crippen LogP contribution is -2.17. The van der Waals surface area contributed by atoms with Crippen LogP contribution >= 0.6 is 0 Å². The summed E-state index contributed by atoms with van der Waals surface area (Å²) in [5, 5.41) is 3.25. The summed E-state index contributed by atoms with van der Waals surface area (Å²) < 4.78 is 33.3. The van der Waals surface area contributed by atoms with Crippen molar-refractivity contribution in [2.24, 2.45) is 0 Å². The zero-order valence-electron chi connectivity index (χ0n) is 10.9. The summed E-state index contributed by atoms with van der Waals surface area (Å²) in [6.45, 7) is 0.516. The highest BCUT2D eigenvalue weighted by Gasteiger charge is 2.23. The monoisotopic (exact) mass is 267 g/mol. The van der Waals surface area contributed by atoms with Crippen LogP contribution in [0.25, 0.3) is 0 Å². The molecule has 1 N–H and O–H groups in total. The van der Waals surface area contributed by atoms with Gasteiger partial charge in [0.1, 0.15) is 0 Å². The fraction of sp³-hybridized carbons (Fsp3) is 0.600. The van der Waals surface area contributed by atoms with Gasteiger partial charge in [-0.1, -0.05) is 0 Å². The van der Waals surface area contributed by atoms with Crippen molar-refractivity contribution in [1.82, 2.24) is 5.32 Å². The third kappa shape index (κ3) is 3.24. The predicted molar refractivity (Wildman–Crippen MR) is 69.1 cm³/mol. The molecule has 0 unspecified atom stereocenters. The van der Waals surface area contributed by atoms with E-state index in [2.05, 4.69) is 5.32 Å². The van der Waals surface area contributed by atoms with Crippen LogP contribution < -0.4 is 10.1 Å². The largest absolute Gasteiger partial charge is 0.484 e. The first-order valence-corrected chi connectivity index (χ1v) is 7.10. The molecule has 2 aliphatic rings. The standard InChI is InChI=1S/C15H19F2NO/c16-13-7-10(9-18-11-5-6-11)8-14(17)15(13)19-12-3-1-2-4-12/h7-8,11-12,18H,1-6,9H2. The van der Waals surface area contributed by atoms with E-state index in [1.807, 2.05) is 0 Å². The van der Waals surface area contributed by atoms with E-state index < -0.39 is 11.6 Å². The van der Waals surface area contributed by atoms with Gasteiger partial charge in [0.2, 0.25) is 0 Å². The summed E-state index contributed by atoms with van der Waals surface area (Å²) in [6, 6.07) is 3.28. The van der Waals surface area contributed by atoms with Crippen LogP contribution in [0.5, 0.6) is 5.75 Å². The molecule has 2 aliphatic carbocycles. The maximum absolute atomic E-state index is 13.9. The van der Waals surface area contributed by atoms with E-state index in [0.29, 0.717) is 18.2 Å². The Morgan fingerprint density at radius 2 is 1.68 bits per heavy atom. The number of hydrogen-bond donors (Lipinski definition) is 1. The van der Waals surface area contributed by atoms with Gasteiger partial charge in [0.05, 0.1) is 6.10 Å². The number of rotatable bonds is 5. The molecule has 2 saturated carbocycles. The SMILES string of the molecule is Fc1cc(CNC2CC2)cc(F)c1OC1CCCC1. The molecule has 0 bridgehead atoms. The van der Waals surface area contributed by atoms with Crippen LogP contribution in [0.1, 0.15) is 44.1 Å². The zero-order chi connectivity index (χ0) is 13.2. The van der Waals surface area contributed by atoms with Gasteiger partial charge in [-0.05, 0) is 56.2 Å². The van der Waals surface area contributed by atoms with Gasteiger partial charge in [0, 0.05) is 12.6 Å². The molecule has 2 fully saturated rings. The number of benzene rings is 1. The molecular weight excluding hydrogens is 248 g/mol. The fourth-order valence-electron chi connectivity index (χ4n) is 2.55. The van der Waals surface area contributed by atoms with Gasteiger partial charge in [-0.15, -0.1) is 0 Å². The minimum atomic E-state index is -0.584. The first kappa shape index (κ1) is 12.9. The number of hydrogen-bond acceptors (Lipinski definition) is 2. The average molecular weight is 267 g/mol. The van der Waals surface area contributed by atoms with Crippen molar-refractivity contribution in [3.8, 4) is 5.75 Å². The lowest BCUT2D eigenvalue weighted by Gasteiger charge is -2.15. The molecule has 0 heterocycles. The lowest BCUT2D eigenvalue weighted by atomic mass is 10.2. The summed E-state index contributed by atoms with van der Waals surface area (Å²) in [6.07, 6.45) is 6.24. The molecule has 0 amide bonds. The second-order valence-corrected chi connectivity index (χ2v) is 5.57. The average Bonchev–Trinajstić information content (AvgIpc) is 3.07. The highest BCUT2D eigenvalue weighted by atomic mass is 19.1. The smallest absolute Gasteiger partial charge is 0.191 e. The summed E-state index contributed by atoms with van der Waals surface area (Å²) in [7, 11) is 0. The molecule has 4 heteroatoms. The number of ether oxygens (including phenoxy) is 1. The molecule has 2 nitrogen and oxygen atoms in total. The van der Waals surface area contributed by atoms with Crippen LogP contribution in [-0.2, 0) is 6.54 Å². The maximum Gasteiger partial charge on any atom is 0.191 e. The minimum Gasteiger partial charge on any atom is -0.484 e. The van der Waals surface area contributed by atoms with Crippen molar-refractivity contribution in [3.05, 3.63) is 29.3 Å². The van der Waals surface area contributed by atoms with Gasteiger partial charge in [0.15, 0.2) is 17.4 Å². The highest BCUT2D eigenvalue weighted by Crippen LogP contribution is 2.29. The van der Waals surface area contributed by atoms with Gasteiger partial charge in [-0.3, -0.25) is 0 Å². The topological polar surface area (TPSA) is 21.3 Å². The molecule has 19 heavy (non-hydrogen) atoms. The van der Waals surface area contributed by atoms with E-state index >= 15 is 0 Å². The Bertz CT molecular complexity index is 430. The number of halogens is 2. The highest BCUT2D eigenvalue weighted by molar-refractivity contribution is 5.31. The minimum absolute atomic E-state index is 0.0283. The Morgan fingerprint density at radius 1 is 1.05 bits per heavy atom. The van der Waals surface area contributed by atoms with Crippen molar-refractivity contribution < 1.29 is 13.5 Å². The summed E-state index contributed by atoms with van der Waals surface area (Å²) in [5.74, 6) is -1.37. The third-order valence-electron chi connectivity index (χ3n) is 3.82. The molecule has 104 valence electrons. The Hall–Kier alpha value is -1.16. The summed E-state index contributed by atoms with van der Waals surface area (Å²) >= 11 is 0. The van der Waals surface area contributed by atoms with Gasteiger partial charge in [-0.2, -0.15) is 0 Å². The summed E-state index contributed by atoms with van der Waals surface area (Å²) in [5.41, 5.74) is 0.640. The van der Waals surface area contributed by atoms with Gasteiger partial charge < -0.3 is 10.1 Å². The van der Waals surface area contributed by atoms with Crippen molar-refractivity contribution in [2.45, 2.75) is 57.2 Å². The van der Waals surface area contributed by atoms with Crippen LogP contribution in [0.3, 0.4) is 0 Å². The van der Waals surface area contributed by atoms with Crippen LogP contribution in [0.4, 0.5) is 8.78 Å². The normalized spacial score (nSPS) is 19.9. The van der Waals surface area contributed by atoms with E-state index in [-0.39, 0.29) is 11.9 Å². The molecule has 3 rings (SSSR count). The molecule has 0 aromatic heterocycles. The maximum atomic E-state index is 13.9. The van der Waals surface area contributed by atoms with Crippen molar-refractivity contribution in [3.63, 3.8) is 0 Å². The Labute approximate surface area is 112 Å². The molecule has 0 aliphatic heterocycles. The van der Waals surface area contributed by atoms with E-state index in [9.17, 15) is 8.78 Å². The van der Waals surface area contributed by atoms with Crippen LogP contribution in [0.2, 0.25) is 0 Å². The van der Waals surface area contributed by atoms with Crippen molar-refractivity contribution >= 4 is 0 Å². The predicted octanol–water partition coefficient (Wildman–Crippen LogP) is 3.54. The molecule has 1 aromatic rings. The first-order valence-electron chi connectivity index (χ1n) is 7.10. The van der Waals surface area contributed by atoms with Crippen molar-refractivity contribution in [2.75, 3.05) is 0 Å². The second kappa shape index (κ2) is 5.45. The Morgan fingerprint density at radius 3 is 2.26 bits per heavy atom. The lowest BCUT2D eigenvalue weighted by molar-refractivity contribution is 0.191. The van der Waals surface area contributed by atoms with Crippen LogP contribution in [0, 0.1) is 11.6 Å². The van der Waals surface area contributed by atoms with Crippen molar-refractivity contribution in [1.29, 1.82) is 0 Å². The molecular formula is C15H19F2NO. The first-order chi connectivity index (χ1) is 9.22. The molecule has 1 aromatic carbocycles. The van der Waals surface area contributed by atoms with Crippen LogP contribution in [0.15, 0.2) is 12.1 Å². The molecule has 0 spiro atoms. The Balaban J connectivity index is 1.68. The second-order valence-electron chi connectivity index (χ2n) is 5.57. The van der Waals surface area contributed by atoms with Gasteiger partial charge in [-0.25, -0.2) is 8.78 Å². The quantitative estimate of drug-likeness (QED) is 0.881. The molecule has 0 atom stereocenters. The van der Waals surface area contributed by atoms with Crippen LogP contribution in [-0.4, -0.2) is 12.1 Å². The van der Waals surface area contributed by atoms with Gasteiger partial charge in [0.25, 0.3) is 0 Å². The van der Waals surface area contributed by atoms with E-state index in [1.165, 1.54) is 12.1 Å².